The standard InChI is InChI=1S/C20H23N5O3/c1-4-27-16-11-7-15(8-12-16)22-20-23-19(21)25(24-20)18(26)14-5-9-17(10-6-14)28-13(2)3/h5-13H,4H2,1-3H3,(H3,21,22,23,24). The molecule has 3 aromatic rings. The van der Waals surface area contributed by atoms with E-state index in [2.05, 4.69) is 15.4 Å². The van der Waals surface area contributed by atoms with Gasteiger partial charge in [0.15, 0.2) is 0 Å². The maximum Gasteiger partial charge on any atom is 0.281 e. The van der Waals surface area contributed by atoms with Gasteiger partial charge in [-0.3, -0.25) is 4.79 Å². The Bertz CT molecular complexity index is 933. The molecule has 146 valence electrons. The zero-order chi connectivity index (χ0) is 20.1. The molecule has 0 bridgehead atoms. The second-order valence-corrected chi connectivity index (χ2v) is 6.28. The minimum absolute atomic E-state index is 0.000874. The minimum atomic E-state index is -0.374. The highest BCUT2D eigenvalue weighted by atomic mass is 16.5. The first-order valence-electron chi connectivity index (χ1n) is 9.00. The molecule has 3 rings (SSSR count). The molecule has 2 aromatic carbocycles. The van der Waals surface area contributed by atoms with Crippen molar-refractivity contribution in [3.05, 3.63) is 54.1 Å². The van der Waals surface area contributed by atoms with Gasteiger partial charge in [-0.05, 0) is 69.3 Å². The summed E-state index contributed by atoms with van der Waals surface area (Å²) in [5.41, 5.74) is 7.06. The van der Waals surface area contributed by atoms with E-state index in [1.54, 1.807) is 24.3 Å². The van der Waals surface area contributed by atoms with E-state index < -0.39 is 0 Å². The van der Waals surface area contributed by atoms with E-state index in [1.165, 1.54) is 0 Å². The van der Waals surface area contributed by atoms with Crippen LogP contribution < -0.4 is 20.5 Å². The Balaban J connectivity index is 1.73. The average molecular weight is 381 g/mol. The number of anilines is 3. The lowest BCUT2D eigenvalue weighted by atomic mass is 10.2. The molecule has 1 aromatic heterocycles. The zero-order valence-corrected chi connectivity index (χ0v) is 16.0. The van der Waals surface area contributed by atoms with E-state index in [-0.39, 0.29) is 23.9 Å². The van der Waals surface area contributed by atoms with Crippen molar-refractivity contribution in [3.63, 3.8) is 0 Å². The van der Waals surface area contributed by atoms with Gasteiger partial charge in [0.05, 0.1) is 12.7 Å². The summed E-state index contributed by atoms with van der Waals surface area (Å²) in [6.45, 7) is 6.40. The molecule has 0 radical (unpaired) electrons. The van der Waals surface area contributed by atoms with Crippen molar-refractivity contribution in [3.8, 4) is 11.5 Å². The fourth-order valence-electron chi connectivity index (χ4n) is 2.53. The van der Waals surface area contributed by atoms with Crippen molar-refractivity contribution in [2.45, 2.75) is 26.9 Å². The molecule has 0 saturated carbocycles. The third-order valence-corrected chi connectivity index (χ3v) is 3.72. The van der Waals surface area contributed by atoms with Gasteiger partial charge >= 0.3 is 0 Å². The topological polar surface area (TPSA) is 104 Å². The Morgan fingerprint density at radius 1 is 1.11 bits per heavy atom. The molecule has 0 aliphatic carbocycles. The lowest BCUT2D eigenvalue weighted by Gasteiger charge is -2.09. The second-order valence-electron chi connectivity index (χ2n) is 6.28. The van der Waals surface area contributed by atoms with Gasteiger partial charge in [0, 0.05) is 11.3 Å². The summed E-state index contributed by atoms with van der Waals surface area (Å²) in [5.74, 6) is 1.32. The van der Waals surface area contributed by atoms with Gasteiger partial charge in [-0.1, -0.05) is 0 Å². The number of hydrogen-bond donors (Lipinski definition) is 2. The molecule has 0 saturated heterocycles. The Hall–Kier alpha value is -3.55. The SMILES string of the molecule is CCOc1ccc(Nc2nc(N)n(C(=O)c3ccc(OC(C)C)cc3)n2)cc1. The van der Waals surface area contributed by atoms with Crippen molar-refractivity contribution in [1.82, 2.24) is 14.8 Å². The predicted octanol–water partition coefficient (Wildman–Crippen LogP) is 3.48. The minimum Gasteiger partial charge on any atom is -0.494 e. The van der Waals surface area contributed by atoms with Crippen molar-refractivity contribution in [1.29, 1.82) is 0 Å². The van der Waals surface area contributed by atoms with Crippen molar-refractivity contribution in [2.75, 3.05) is 17.7 Å². The van der Waals surface area contributed by atoms with Crippen LogP contribution in [0.1, 0.15) is 31.1 Å². The predicted molar refractivity (Wildman–Crippen MR) is 107 cm³/mol. The number of rotatable bonds is 7. The second kappa shape index (κ2) is 8.43. The average Bonchev–Trinajstić information content (AvgIpc) is 3.03. The number of hydrogen-bond acceptors (Lipinski definition) is 7. The van der Waals surface area contributed by atoms with E-state index in [4.69, 9.17) is 15.2 Å². The Kier molecular flexibility index (Phi) is 5.78. The van der Waals surface area contributed by atoms with Crippen LogP contribution in [0.2, 0.25) is 0 Å². The third kappa shape index (κ3) is 4.59. The fourth-order valence-corrected chi connectivity index (χ4v) is 2.53. The summed E-state index contributed by atoms with van der Waals surface area (Å²) in [6.07, 6.45) is 0.0590. The number of nitrogen functional groups attached to an aromatic ring is 1. The van der Waals surface area contributed by atoms with Crippen LogP contribution >= 0.6 is 0 Å². The smallest absolute Gasteiger partial charge is 0.281 e. The Morgan fingerprint density at radius 3 is 2.36 bits per heavy atom. The summed E-state index contributed by atoms with van der Waals surface area (Å²) >= 11 is 0. The molecule has 1 heterocycles. The van der Waals surface area contributed by atoms with Crippen LogP contribution in [0.25, 0.3) is 0 Å². The van der Waals surface area contributed by atoms with Crippen molar-refractivity contribution >= 4 is 23.5 Å². The van der Waals surface area contributed by atoms with Gasteiger partial charge in [0.25, 0.3) is 5.91 Å². The van der Waals surface area contributed by atoms with Gasteiger partial charge in [-0.15, -0.1) is 5.10 Å². The molecule has 8 nitrogen and oxygen atoms in total. The maximum atomic E-state index is 12.7. The molecule has 0 aliphatic rings. The number of aromatic nitrogens is 3. The summed E-state index contributed by atoms with van der Waals surface area (Å²) in [5, 5.41) is 7.19. The van der Waals surface area contributed by atoms with Crippen LogP contribution in [0.4, 0.5) is 17.6 Å². The van der Waals surface area contributed by atoms with Gasteiger partial charge in [-0.25, -0.2) is 0 Å². The van der Waals surface area contributed by atoms with Crippen LogP contribution in [0.15, 0.2) is 48.5 Å². The van der Waals surface area contributed by atoms with E-state index in [0.29, 0.717) is 17.9 Å². The number of benzene rings is 2. The number of carbonyl (C=O) groups excluding carboxylic acids is 1. The molecule has 0 atom stereocenters. The van der Waals surface area contributed by atoms with Gasteiger partial charge < -0.3 is 20.5 Å². The highest BCUT2D eigenvalue weighted by Gasteiger charge is 2.16. The number of nitrogens with one attached hydrogen (secondary N) is 1. The fraction of sp³-hybridized carbons (Fsp3) is 0.250. The largest absolute Gasteiger partial charge is 0.494 e. The Labute approximate surface area is 163 Å². The quantitative estimate of drug-likeness (QED) is 0.645. The molecule has 28 heavy (non-hydrogen) atoms. The number of nitrogens with zero attached hydrogens (tertiary/aromatic N) is 3. The molecule has 0 aliphatic heterocycles. The third-order valence-electron chi connectivity index (χ3n) is 3.72. The molecular weight excluding hydrogens is 358 g/mol. The van der Waals surface area contributed by atoms with E-state index in [0.717, 1.165) is 16.1 Å². The lowest BCUT2D eigenvalue weighted by Crippen LogP contribution is -2.16. The van der Waals surface area contributed by atoms with Crippen LogP contribution in [-0.4, -0.2) is 33.4 Å². The van der Waals surface area contributed by atoms with E-state index >= 15 is 0 Å². The molecule has 0 spiro atoms. The van der Waals surface area contributed by atoms with Crippen molar-refractivity contribution < 1.29 is 14.3 Å². The monoisotopic (exact) mass is 381 g/mol. The summed E-state index contributed by atoms with van der Waals surface area (Å²) in [7, 11) is 0. The maximum absolute atomic E-state index is 12.7. The van der Waals surface area contributed by atoms with Crippen LogP contribution in [0.5, 0.6) is 11.5 Å². The molecular formula is C20H23N5O3. The van der Waals surface area contributed by atoms with Crippen LogP contribution in [0.3, 0.4) is 0 Å². The van der Waals surface area contributed by atoms with Gasteiger partial charge in [0.1, 0.15) is 11.5 Å². The van der Waals surface area contributed by atoms with Crippen molar-refractivity contribution in [2.24, 2.45) is 0 Å². The molecule has 0 fully saturated rings. The lowest BCUT2D eigenvalue weighted by molar-refractivity contribution is 0.0948. The molecule has 3 N–H and O–H groups in total. The number of ether oxygens (including phenoxy) is 2. The summed E-state index contributed by atoms with van der Waals surface area (Å²) in [6, 6.07) is 14.1. The molecule has 0 unspecified atom stereocenters. The first-order valence-corrected chi connectivity index (χ1v) is 9.00. The Morgan fingerprint density at radius 2 is 1.75 bits per heavy atom. The number of carbonyl (C=O) groups is 1. The zero-order valence-electron chi connectivity index (χ0n) is 16.0. The molecule has 8 heteroatoms. The van der Waals surface area contributed by atoms with E-state index in [9.17, 15) is 4.79 Å². The highest BCUT2D eigenvalue weighted by Crippen LogP contribution is 2.20. The van der Waals surface area contributed by atoms with Crippen LogP contribution in [0, 0.1) is 0 Å². The number of nitrogens with two attached hydrogens (primary N) is 1. The van der Waals surface area contributed by atoms with E-state index in [1.807, 2.05) is 45.0 Å². The summed E-state index contributed by atoms with van der Waals surface area (Å²) < 4.78 is 12.1. The normalized spacial score (nSPS) is 10.7. The first kappa shape index (κ1) is 19.2. The van der Waals surface area contributed by atoms with Gasteiger partial charge in [-0.2, -0.15) is 9.67 Å². The molecule has 0 amide bonds. The van der Waals surface area contributed by atoms with Crippen LogP contribution in [-0.2, 0) is 0 Å². The summed E-state index contributed by atoms with van der Waals surface area (Å²) in [4.78, 5) is 16.8. The van der Waals surface area contributed by atoms with Gasteiger partial charge in [0.2, 0.25) is 11.9 Å². The first-order chi connectivity index (χ1) is 13.5. The highest BCUT2D eigenvalue weighted by molar-refractivity contribution is 5.97.